The van der Waals surface area contributed by atoms with E-state index in [0.29, 0.717) is 16.6 Å². The van der Waals surface area contributed by atoms with Crippen LogP contribution in [0.4, 0.5) is 5.69 Å². The van der Waals surface area contributed by atoms with Crippen LogP contribution in [0.25, 0.3) is 16.6 Å². The number of hydrogen-bond acceptors (Lipinski definition) is 11. The Hall–Kier alpha value is -3.84. The number of methoxy groups -OCH3 is 3. The molecule has 11 nitrogen and oxygen atoms in total. The van der Waals surface area contributed by atoms with Gasteiger partial charge in [-0.05, 0) is 35.4 Å². The van der Waals surface area contributed by atoms with Crippen molar-refractivity contribution in [3.8, 4) is 17.2 Å². The van der Waals surface area contributed by atoms with E-state index in [9.17, 15) is 24.8 Å². The number of ketones is 1. The van der Waals surface area contributed by atoms with Gasteiger partial charge in [0.25, 0.3) is 5.69 Å². The van der Waals surface area contributed by atoms with Crippen LogP contribution in [-0.2, 0) is 11.2 Å². The van der Waals surface area contributed by atoms with E-state index in [1.807, 2.05) is 0 Å². The Balaban J connectivity index is 0.00000420. The molecule has 194 valence electrons. The van der Waals surface area contributed by atoms with Gasteiger partial charge in [0.15, 0.2) is 17.3 Å². The number of hydrogen-bond donors (Lipinski definition) is 0. The van der Waals surface area contributed by atoms with Crippen LogP contribution in [0.2, 0.25) is 0 Å². The molecule has 1 aromatic heterocycles. The molecule has 1 heterocycles. The summed E-state index contributed by atoms with van der Waals surface area (Å²) < 4.78 is 24.3. The molecule has 0 amide bonds. The number of aliphatic carboxylic acids is 1. The number of benzene rings is 3. The maximum Gasteiger partial charge on any atom is 1.00 e. The van der Waals surface area contributed by atoms with Gasteiger partial charge in [-0.2, -0.15) is 8.75 Å². The van der Waals surface area contributed by atoms with E-state index in [1.54, 1.807) is 6.07 Å². The van der Waals surface area contributed by atoms with E-state index in [4.69, 9.17) is 14.2 Å². The molecule has 0 aliphatic heterocycles. The second-order valence-electron chi connectivity index (χ2n) is 7.95. The van der Waals surface area contributed by atoms with Gasteiger partial charge >= 0.3 is 29.6 Å². The normalized spacial score (nSPS) is 11.3. The number of aromatic nitrogens is 2. The van der Waals surface area contributed by atoms with Gasteiger partial charge in [-0.15, -0.1) is 0 Å². The molecule has 0 bridgehead atoms. The van der Waals surface area contributed by atoms with Gasteiger partial charge in [-0.25, -0.2) is 0 Å². The Kier molecular flexibility index (Phi) is 9.76. The molecule has 0 aliphatic rings. The summed E-state index contributed by atoms with van der Waals surface area (Å²) in [4.78, 5) is 37.0. The number of carboxylic acid groups (broad SMARTS) is 1. The fraction of sp³-hybridized carbons (Fsp3) is 0.154. The minimum Gasteiger partial charge on any atom is -0.545 e. The summed E-state index contributed by atoms with van der Waals surface area (Å²) in [5, 5.41) is 23.6. The smallest absolute Gasteiger partial charge is 0.545 e. The average Bonchev–Trinajstić information content (AvgIpc) is 3.39. The van der Waals surface area contributed by atoms with Gasteiger partial charge in [-0.3, -0.25) is 14.9 Å². The molecule has 0 aliphatic carbocycles. The molecule has 0 radical (unpaired) electrons. The predicted octanol–water partition coefficient (Wildman–Crippen LogP) is 0.258. The number of fused-ring (bicyclic) bond motifs is 1. The maximum atomic E-state index is 14.0. The van der Waals surface area contributed by atoms with Crippen molar-refractivity contribution in [2.45, 2.75) is 6.42 Å². The van der Waals surface area contributed by atoms with E-state index >= 15 is 0 Å². The van der Waals surface area contributed by atoms with Crippen LogP contribution in [0.1, 0.15) is 21.5 Å². The molecule has 0 N–H and O–H groups in total. The first-order valence-corrected chi connectivity index (χ1v) is 11.8. The van der Waals surface area contributed by atoms with E-state index < -0.39 is 16.7 Å². The standard InChI is InChI=1S/C26H21N3O8S.Na/c1-35-21-12-16(13-22(36-2)25(21)37-3)24(30)18(10-14-4-7-17(8-5-14)29(33)34)23(26(31)32)15-6-9-19-20(11-15)28-38-27-19;/h4-9,11-13H,10H2,1-3H3,(H,31,32);/q;+1/p-1. The molecular formula is C26H20N3NaO8S. The summed E-state index contributed by atoms with van der Waals surface area (Å²) >= 11 is 0.970. The maximum absolute atomic E-state index is 14.0. The number of ether oxygens (including phenoxy) is 3. The summed E-state index contributed by atoms with van der Waals surface area (Å²) in [6.07, 6.45) is -0.163. The molecular weight excluding hydrogens is 537 g/mol. The van der Waals surface area contributed by atoms with Crippen molar-refractivity contribution in [1.82, 2.24) is 8.75 Å². The summed E-state index contributed by atoms with van der Waals surface area (Å²) in [5.74, 6) is -1.55. The molecule has 39 heavy (non-hydrogen) atoms. The van der Waals surface area contributed by atoms with Crippen LogP contribution < -0.4 is 48.9 Å². The number of carboxylic acids is 1. The van der Waals surface area contributed by atoms with Crippen LogP contribution in [-0.4, -0.2) is 46.8 Å². The van der Waals surface area contributed by atoms with Crippen molar-refractivity contribution >= 4 is 45.8 Å². The molecule has 0 unspecified atom stereocenters. The average molecular weight is 558 g/mol. The van der Waals surface area contributed by atoms with Crippen molar-refractivity contribution in [3.63, 3.8) is 0 Å². The molecule has 0 saturated carbocycles. The summed E-state index contributed by atoms with van der Waals surface area (Å²) in [7, 11) is 4.20. The Morgan fingerprint density at radius 1 is 0.872 bits per heavy atom. The molecule has 4 aromatic rings. The summed E-state index contributed by atoms with van der Waals surface area (Å²) in [6, 6.07) is 13.0. The van der Waals surface area contributed by atoms with E-state index in [1.165, 1.54) is 69.9 Å². The van der Waals surface area contributed by atoms with Crippen molar-refractivity contribution in [2.24, 2.45) is 0 Å². The first-order chi connectivity index (χ1) is 18.3. The van der Waals surface area contributed by atoms with Crippen LogP contribution >= 0.6 is 11.7 Å². The van der Waals surface area contributed by atoms with Crippen molar-refractivity contribution in [1.29, 1.82) is 0 Å². The minimum atomic E-state index is -1.58. The summed E-state index contributed by atoms with van der Waals surface area (Å²) in [6.45, 7) is 0. The molecule has 4 rings (SSSR count). The molecule has 0 atom stereocenters. The van der Waals surface area contributed by atoms with Crippen LogP contribution in [0.15, 0.2) is 60.2 Å². The van der Waals surface area contributed by atoms with Gasteiger partial charge in [-0.1, -0.05) is 18.2 Å². The second-order valence-corrected chi connectivity index (χ2v) is 8.48. The topological polar surface area (TPSA) is 154 Å². The molecule has 0 saturated heterocycles. The minimum absolute atomic E-state index is 0. The van der Waals surface area contributed by atoms with Crippen LogP contribution in [0.3, 0.4) is 0 Å². The van der Waals surface area contributed by atoms with Gasteiger partial charge in [0.2, 0.25) is 5.75 Å². The third-order valence-electron chi connectivity index (χ3n) is 5.78. The number of carbonyl (C=O) groups is 2. The first kappa shape index (κ1) is 29.7. The van der Waals surface area contributed by atoms with Crippen LogP contribution in [0, 0.1) is 10.1 Å². The van der Waals surface area contributed by atoms with E-state index in [2.05, 4.69) is 8.75 Å². The second kappa shape index (κ2) is 12.8. The number of allylic oxidation sites excluding steroid dienone is 1. The number of rotatable bonds is 10. The Labute approximate surface area is 248 Å². The van der Waals surface area contributed by atoms with Crippen molar-refractivity contribution in [2.75, 3.05) is 21.3 Å². The van der Waals surface area contributed by atoms with Crippen molar-refractivity contribution < 1.29 is 63.4 Å². The number of nitrogens with zero attached hydrogens (tertiary/aromatic N) is 3. The monoisotopic (exact) mass is 557 g/mol. The zero-order chi connectivity index (χ0) is 27.4. The Bertz CT molecular complexity index is 1560. The van der Waals surface area contributed by atoms with Gasteiger partial charge in [0.1, 0.15) is 11.0 Å². The van der Waals surface area contributed by atoms with E-state index in [-0.39, 0.29) is 81.2 Å². The summed E-state index contributed by atoms with van der Waals surface area (Å²) in [5.41, 5.74) is 1.17. The Morgan fingerprint density at radius 2 is 1.49 bits per heavy atom. The van der Waals surface area contributed by atoms with Crippen LogP contribution in [0.5, 0.6) is 17.2 Å². The third-order valence-corrected chi connectivity index (χ3v) is 6.33. The predicted molar refractivity (Wildman–Crippen MR) is 137 cm³/mol. The van der Waals surface area contributed by atoms with Gasteiger partial charge in [0.05, 0.1) is 44.0 Å². The largest absolute Gasteiger partial charge is 1.00 e. The molecule has 13 heteroatoms. The third kappa shape index (κ3) is 6.25. The number of non-ortho nitro benzene ring substituents is 1. The first-order valence-electron chi connectivity index (χ1n) is 11.0. The molecule has 0 fully saturated rings. The van der Waals surface area contributed by atoms with Gasteiger partial charge in [0, 0.05) is 35.3 Å². The number of nitro benzene ring substituents is 1. The number of nitro groups is 1. The number of Topliss-reactive ketones (excluding diaryl/α,β-unsaturated/α-hetero) is 1. The van der Waals surface area contributed by atoms with Gasteiger partial charge < -0.3 is 24.1 Å². The van der Waals surface area contributed by atoms with E-state index in [0.717, 1.165) is 11.7 Å². The SMILES string of the molecule is COc1cc(C(=O)C(Cc2ccc([N+](=O)[O-])cc2)=C(C(=O)[O-])c2ccc3nsnc3c2)cc(OC)c1OC.[Na+]. The molecule has 0 spiro atoms. The zero-order valence-corrected chi connectivity index (χ0v) is 24.2. The molecule has 3 aromatic carbocycles. The quantitative estimate of drug-likeness (QED) is 0.0872. The fourth-order valence-electron chi connectivity index (χ4n) is 3.96. The zero-order valence-electron chi connectivity index (χ0n) is 21.4. The van der Waals surface area contributed by atoms with Crippen molar-refractivity contribution in [3.05, 3.63) is 87.0 Å². The Morgan fingerprint density at radius 3 is 2.03 bits per heavy atom. The fourth-order valence-corrected chi connectivity index (χ4v) is 4.48. The number of carbonyl (C=O) groups excluding carboxylic acids is 2.